The van der Waals surface area contributed by atoms with Crippen molar-refractivity contribution in [3.8, 4) is 0 Å². The lowest BCUT2D eigenvalue weighted by atomic mass is 10.1. The standard InChI is InChI=1S/C18H23ClN4O/c1-12-4-6-15(7-5-12)10-23-9-8-22(14(3)18(23)24)11-16-17(19)13(2)20-21-16/h4-7,14H,8-11H2,1-3H3,(H,20,21). The predicted octanol–water partition coefficient (Wildman–Crippen LogP) is 2.91. The number of aryl methyl sites for hydroxylation is 2. The topological polar surface area (TPSA) is 52.2 Å². The summed E-state index contributed by atoms with van der Waals surface area (Å²) in [5.74, 6) is 0.158. The lowest BCUT2D eigenvalue weighted by Crippen LogP contribution is -2.54. The first-order valence-electron chi connectivity index (χ1n) is 8.23. The number of carbonyl (C=O) groups is 1. The number of amides is 1. The van der Waals surface area contributed by atoms with Crippen molar-refractivity contribution in [2.24, 2.45) is 0 Å². The molecule has 3 rings (SSSR count). The number of hydrogen-bond acceptors (Lipinski definition) is 3. The number of nitrogens with zero attached hydrogens (tertiary/aromatic N) is 3. The van der Waals surface area contributed by atoms with E-state index in [1.54, 1.807) is 0 Å². The fraction of sp³-hybridized carbons (Fsp3) is 0.444. The van der Waals surface area contributed by atoms with Crippen molar-refractivity contribution in [2.75, 3.05) is 13.1 Å². The van der Waals surface area contributed by atoms with Gasteiger partial charge >= 0.3 is 0 Å². The SMILES string of the molecule is Cc1ccc(CN2CCN(Cc3n[nH]c(C)c3Cl)C(C)C2=O)cc1. The highest BCUT2D eigenvalue weighted by atomic mass is 35.5. The molecule has 6 heteroatoms. The van der Waals surface area contributed by atoms with Crippen molar-refractivity contribution in [1.82, 2.24) is 20.0 Å². The van der Waals surface area contributed by atoms with Crippen molar-refractivity contribution in [1.29, 1.82) is 0 Å². The maximum Gasteiger partial charge on any atom is 0.239 e. The Labute approximate surface area is 147 Å². The minimum atomic E-state index is -0.169. The molecule has 1 aromatic heterocycles. The number of carbonyl (C=O) groups excluding carboxylic acids is 1. The number of aromatic amines is 1. The van der Waals surface area contributed by atoms with Crippen LogP contribution in [0, 0.1) is 13.8 Å². The van der Waals surface area contributed by atoms with E-state index in [0.29, 0.717) is 18.1 Å². The Bertz CT molecular complexity index is 725. The van der Waals surface area contributed by atoms with Crippen molar-refractivity contribution in [2.45, 2.75) is 39.9 Å². The summed E-state index contributed by atoms with van der Waals surface area (Å²) < 4.78 is 0. The molecule has 1 atom stereocenters. The van der Waals surface area contributed by atoms with E-state index in [1.807, 2.05) is 18.7 Å². The smallest absolute Gasteiger partial charge is 0.239 e. The quantitative estimate of drug-likeness (QED) is 0.926. The number of hydrogen-bond donors (Lipinski definition) is 1. The number of piperazine rings is 1. The van der Waals surface area contributed by atoms with E-state index in [4.69, 9.17) is 11.6 Å². The molecule has 0 bridgehead atoms. The van der Waals surface area contributed by atoms with Gasteiger partial charge in [0, 0.05) is 26.2 Å². The summed E-state index contributed by atoms with van der Waals surface area (Å²) in [5, 5.41) is 7.80. The molecule has 1 saturated heterocycles. The second-order valence-electron chi connectivity index (χ2n) is 6.50. The number of nitrogens with one attached hydrogen (secondary N) is 1. The third-order valence-electron chi connectivity index (χ3n) is 4.66. The molecule has 1 N–H and O–H groups in total. The summed E-state index contributed by atoms with van der Waals surface area (Å²) >= 11 is 6.25. The van der Waals surface area contributed by atoms with Gasteiger partial charge in [-0.2, -0.15) is 5.10 Å². The molecule has 0 saturated carbocycles. The van der Waals surface area contributed by atoms with Crippen LogP contribution >= 0.6 is 11.6 Å². The zero-order valence-electron chi connectivity index (χ0n) is 14.3. The molecule has 1 amide bonds. The van der Waals surface area contributed by atoms with Crippen LogP contribution < -0.4 is 0 Å². The van der Waals surface area contributed by atoms with Crippen LogP contribution in [-0.4, -0.2) is 45.0 Å². The van der Waals surface area contributed by atoms with Crippen molar-refractivity contribution >= 4 is 17.5 Å². The zero-order chi connectivity index (χ0) is 17.3. The van der Waals surface area contributed by atoms with Gasteiger partial charge in [-0.1, -0.05) is 41.4 Å². The number of aromatic nitrogens is 2. The first-order valence-corrected chi connectivity index (χ1v) is 8.61. The fourth-order valence-corrected chi connectivity index (χ4v) is 3.17. The van der Waals surface area contributed by atoms with Gasteiger partial charge in [-0.25, -0.2) is 0 Å². The van der Waals surface area contributed by atoms with Crippen LogP contribution in [0.4, 0.5) is 0 Å². The van der Waals surface area contributed by atoms with Gasteiger partial charge in [0.15, 0.2) is 0 Å². The molecule has 24 heavy (non-hydrogen) atoms. The highest BCUT2D eigenvalue weighted by molar-refractivity contribution is 6.31. The lowest BCUT2D eigenvalue weighted by Gasteiger charge is -2.39. The van der Waals surface area contributed by atoms with Gasteiger partial charge in [0.05, 0.1) is 22.5 Å². The summed E-state index contributed by atoms with van der Waals surface area (Å²) in [4.78, 5) is 16.8. The summed E-state index contributed by atoms with van der Waals surface area (Å²) in [6.07, 6.45) is 0. The van der Waals surface area contributed by atoms with Crippen LogP contribution in [-0.2, 0) is 17.9 Å². The maximum atomic E-state index is 12.7. The Balaban J connectivity index is 1.65. The van der Waals surface area contributed by atoms with Gasteiger partial charge in [-0.3, -0.25) is 14.8 Å². The lowest BCUT2D eigenvalue weighted by molar-refractivity contribution is -0.142. The molecule has 0 spiro atoms. The molecule has 1 aliphatic rings. The van der Waals surface area contributed by atoms with Gasteiger partial charge in [0.1, 0.15) is 0 Å². The minimum Gasteiger partial charge on any atom is -0.336 e. The maximum absolute atomic E-state index is 12.7. The van der Waals surface area contributed by atoms with Crippen molar-refractivity contribution < 1.29 is 4.79 Å². The Morgan fingerprint density at radius 3 is 2.54 bits per heavy atom. The van der Waals surface area contributed by atoms with E-state index in [0.717, 1.165) is 24.5 Å². The Morgan fingerprint density at radius 1 is 1.21 bits per heavy atom. The molecule has 128 valence electrons. The van der Waals surface area contributed by atoms with E-state index in [-0.39, 0.29) is 11.9 Å². The van der Waals surface area contributed by atoms with Gasteiger partial charge in [-0.05, 0) is 26.3 Å². The highest BCUT2D eigenvalue weighted by Gasteiger charge is 2.32. The molecular weight excluding hydrogens is 324 g/mol. The van der Waals surface area contributed by atoms with E-state index in [2.05, 4.69) is 46.3 Å². The fourth-order valence-electron chi connectivity index (χ4n) is 3.02. The normalized spacial score (nSPS) is 19.1. The second kappa shape index (κ2) is 6.95. The molecule has 2 heterocycles. The Hall–Kier alpha value is -1.85. The predicted molar refractivity (Wildman–Crippen MR) is 94.8 cm³/mol. The molecule has 0 radical (unpaired) electrons. The van der Waals surface area contributed by atoms with Gasteiger partial charge in [0.2, 0.25) is 5.91 Å². The molecular formula is C18H23ClN4O. The molecule has 1 unspecified atom stereocenters. The molecule has 5 nitrogen and oxygen atoms in total. The van der Waals surface area contributed by atoms with Gasteiger partial charge in [0.25, 0.3) is 0 Å². The summed E-state index contributed by atoms with van der Waals surface area (Å²) in [6, 6.07) is 8.18. The van der Waals surface area contributed by atoms with E-state index in [9.17, 15) is 4.79 Å². The van der Waals surface area contributed by atoms with Crippen LogP contribution in [0.5, 0.6) is 0 Å². The van der Waals surface area contributed by atoms with Crippen LogP contribution in [0.15, 0.2) is 24.3 Å². The largest absolute Gasteiger partial charge is 0.336 e. The first-order chi connectivity index (χ1) is 11.5. The van der Waals surface area contributed by atoms with Crippen LogP contribution in [0.2, 0.25) is 5.02 Å². The average Bonchev–Trinajstić information content (AvgIpc) is 2.88. The van der Waals surface area contributed by atoms with E-state index >= 15 is 0 Å². The third-order valence-corrected chi connectivity index (χ3v) is 5.16. The number of H-pyrrole nitrogens is 1. The highest BCUT2D eigenvalue weighted by Crippen LogP contribution is 2.22. The van der Waals surface area contributed by atoms with E-state index < -0.39 is 0 Å². The van der Waals surface area contributed by atoms with Gasteiger partial charge < -0.3 is 4.90 Å². The molecule has 0 aliphatic carbocycles. The first kappa shape index (κ1) is 17.0. The molecule has 1 aromatic carbocycles. The zero-order valence-corrected chi connectivity index (χ0v) is 15.1. The summed E-state index contributed by atoms with van der Waals surface area (Å²) in [5.41, 5.74) is 4.07. The van der Waals surface area contributed by atoms with Crippen LogP contribution in [0.25, 0.3) is 0 Å². The second-order valence-corrected chi connectivity index (χ2v) is 6.88. The van der Waals surface area contributed by atoms with Crippen molar-refractivity contribution in [3.05, 3.63) is 51.8 Å². The summed E-state index contributed by atoms with van der Waals surface area (Å²) in [7, 11) is 0. The van der Waals surface area contributed by atoms with E-state index in [1.165, 1.54) is 11.1 Å². The summed E-state index contributed by atoms with van der Waals surface area (Å²) in [6.45, 7) is 8.72. The monoisotopic (exact) mass is 346 g/mol. The van der Waals surface area contributed by atoms with Crippen LogP contribution in [0.3, 0.4) is 0 Å². The Morgan fingerprint density at radius 2 is 1.92 bits per heavy atom. The number of rotatable bonds is 4. The van der Waals surface area contributed by atoms with Crippen LogP contribution in [0.1, 0.15) is 29.4 Å². The average molecular weight is 347 g/mol. The Kier molecular flexibility index (Phi) is 4.92. The number of halogens is 1. The van der Waals surface area contributed by atoms with Gasteiger partial charge in [-0.15, -0.1) is 0 Å². The number of benzene rings is 1. The molecule has 2 aromatic rings. The van der Waals surface area contributed by atoms with Crippen molar-refractivity contribution in [3.63, 3.8) is 0 Å². The third kappa shape index (κ3) is 3.47. The molecule has 1 fully saturated rings. The minimum absolute atomic E-state index is 0.158. The molecule has 1 aliphatic heterocycles.